The van der Waals surface area contributed by atoms with Crippen LogP contribution in [0.3, 0.4) is 0 Å². The summed E-state index contributed by atoms with van der Waals surface area (Å²) in [4.78, 5) is 17.0. The fraction of sp³-hybridized carbons (Fsp3) is 0.750. The lowest BCUT2D eigenvalue weighted by Gasteiger charge is -2.36. The quantitative estimate of drug-likeness (QED) is 0.834. The lowest BCUT2D eigenvalue weighted by atomic mass is 9.95. The molecule has 0 aliphatic carbocycles. The van der Waals surface area contributed by atoms with Gasteiger partial charge in [0.15, 0.2) is 0 Å². The Balaban J connectivity index is 1.62. The van der Waals surface area contributed by atoms with E-state index in [-0.39, 0.29) is 24.5 Å². The molecule has 7 nitrogen and oxygen atoms in total. The number of ether oxygens (including phenoxy) is 1. The number of aryl methyl sites for hydroxylation is 1. The molecule has 0 spiro atoms. The molecule has 0 unspecified atom stereocenters. The van der Waals surface area contributed by atoms with Crippen molar-refractivity contribution in [2.24, 2.45) is 5.92 Å². The van der Waals surface area contributed by atoms with Crippen molar-refractivity contribution in [2.45, 2.75) is 26.0 Å². The van der Waals surface area contributed by atoms with Crippen LogP contribution in [-0.4, -0.2) is 76.5 Å². The smallest absolute Gasteiger partial charge is 0.228 e. The van der Waals surface area contributed by atoms with E-state index in [4.69, 9.17) is 9.84 Å². The maximum Gasteiger partial charge on any atom is 0.228 e. The van der Waals surface area contributed by atoms with Crippen molar-refractivity contribution in [3.8, 4) is 0 Å². The van der Waals surface area contributed by atoms with Crippen LogP contribution < -0.4 is 0 Å². The second kappa shape index (κ2) is 7.42. The summed E-state index contributed by atoms with van der Waals surface area (Å²) in [6, 6.07) is 0. The molecule has 1 aromatic rings. The van der Waals surface area contributed by atoms with Gasteiger partial charge in [0.05, 0.1) is 24.8 Å². The van der Waals surface area contributed by atoms with Crippen LogP contribution in [0, 0.1) is 5.92 Å². The van der Waals surface area contributed by atoms with Gasteiger partial charge in [-0.1, -0.05) is 0 Å². The van der Waals surface area contributed by atoms with E-state index < -0.39 is 0 Å². The predicted molar refractivity (Wildman–Crippen MR) is 84.8 cm³/mol. The Bertz CT molecular complexity index is 525. The van der Waals surface area contributed by atoms with Crippen molar-refractivity contribution >= 4 is 5.91 Å². The first-order chi connectivity index (χ1) is 11.2. The standard InChI is InChI=1S/C16H26N4O3/c1-2-20-12-13(11-17-20)15-14(3-10-23-15)16(22)19-6-4-18(5-7-19)8-9-21/h11-12,14-15,21H,2-10H2,1H3/t14-,15+/m0/s1. The highest BCUT2D eigenvalue weighted by atomic mass is 16.5. The molecule has 2 aliphatic rings. The summed E-state index contributed by atoms with van der Waals surface area (Å²) in [7, 11) is 0. The largest absolute Gasteiger partial charge is 0.395 e. The number of carbonyl (C=O) groups excluding carboxylic acids is 1. The molecule has 128 valence electrons. The number of aromatic nitrogens is 2. The number of nitrogens with zero attached hydrogens (tertiary/aromatic N) is 4. The number of aliphatic hydroxyl groups excluding tert-OH is 1. The first-order valence-corrected chi connectivity index (χ1v) is 8.49. The van der Waals surface area contributed by atoms with Gasteiger partial charge < -0.3 is 14.7 Å². The number of amides is 1. The summed E-state index contributed by atoms with van der Waals surface area (Å²) < 4.78 is 7.70. The molecule has 0 radical (unpaired) electrons. The highest BCUT2D eigenvalue weighted by Crippen LogP contribution is 2.35. The van der Waals surface area contributed by atoms with Gasteiger partial charge in [-0.3, -0.25) is 14.4 Å². The number of piperazine rings is 1. The molecule has 0 aromatic carbocycles. The van der Waals surface area contributed by atoms with Crippen molar-refractivity contribution in [2.75, 3.05) is 45.9 Å². The molecule has 2 aliphatic heterocycles. The van der Waals surface area contributed by atoms with E-state index in [1.54, 1.807) is 0 Å². The molecule has 1 amide bonds. The third-order valence-electron chi connectivity index (χ3n) is 4.81. The fourth-order valence-corrected chi connectivity index (χ4v) is 3.44. The van der Waals surface area contributed by atoms with E-state index in [0.29, 0.717) is 13.2 Å². The molecule has 2 fully saturated rings. The van der Waals surface area contributed by atoms with Gasteiger partial charge in [-0.2, -0.15) is 5.10 Å². The van der Waals surface area contributed by atoms with Crippen LogP contribution in [0.15, 0.2) is 12.4 Å². The summed E-state index contributed by atoms with van der Waals surface area (Å²) in [5.41, 5.74) is 1.00. The van der Waals surface area contributed by atoms with E-state index in [2.05, 4.69) is 10.00 Å². The summed E-state index contributed by atoms with van der Waals surface area (Å²) in [6.07, 6.45) is 4.41. The fourth-order valence-electron chi connectivity index (χ4n) is 3.44. The Morgan fingerprint density at radius 3 is 2.83 bits per heavy atom. The van der Waals surface area contributed by atoms with E-state index in [9.17, 15) is 4.79 Å². The zero-order valence-corrected chi connectivity index (χ0v) is 13.7. The number of aliphatic hydroxyl groups is 1. The molecule has 3 rings (SSSR count). The van der Waals surface area contributed by atoms with Gasteiger partial charge in [0.25, 0.3) is 0 Å². The molecule has 3 heterocycles. The van der Waals surface area contributed by atoms with E-state index in [1.807, 2.05) is 28.9 Å². The van der Waals surface area contributed by atoms with E-state index in [1.165, 1.54) is 0 Å². The number of hydrogen-bond acceptors (Lipinski definition) is 5. The van der Waals surface area contributed by atoms with Crippen LogP contribution >= 0.6 is 0 Å². The van der Waals surface area contributed by atoms with Crippen LogP contribution in [0.5, 0.6) is 0 Å². The van der Waals surface area contributed by atoms with Gasteiger partial charge in [-0.05, 0) is 13.3 Å². The summed E-state index contributed by atoms with van der Waals surface area (Å²) >= 11 is 0. The molecule has 0 saturated carbocycles. The summed E-state index contributed by atoms with van der Waals surface area (Å²) in [6.45, 7) is 7.48. The maximum absolute atomic E-state index is 12.9. The lowest BCUT2D eigenvalue weighted by molar-refractivity contribution is -0.139. The molecule has 0 bridgehead atoms. The van der Waals surface area contributed by atoms with Crippen molar-refractivity contribution in [3.05, 3.63) is 18.0 Å². The average molecular weight is 322 g/mol. The highest BCUT2D eigenvalue weighted by Gasteiger charge is 2.38. The van der Waals surface area contributed by atoms with Gasteiger partial charge in [0.2, 0.25) is 5.91 Å². The van der Waals surface area contributed by atoms with Gasteiger partial charge in [-0.15, -0.1) is 0 Å². The van der Waals surface area contributed by atoms with Crippen LogP contribution in [0.4, 0.5) is 0 Å². The number of hydrogen-bond donors (Lipinski definition) is 1. The third-order valence-corrected chi connectivity index (χ3v) is 4.81. The Hall–Kier alpha value is -1.44. The molecular weight excluding hydrogens is 296 g/mol. The second-order valence-corrected chi connectivity index (χ2v) is 6.21. The molecule has 23 heavy (non-hydrogen) atoms. The Labute approximate surface area is 136 Å². The van der Waals surface area contributed by atoms with Gasteiger partial charge in [-0.25, -0.2) is 0 Å². The normalized spacial score (nSPS) is 25.9. The van der Waals surface area contributed by atoms with E-state index in [0.717, 1.165) is 44.7 Å². The number of carbonyl (C=O) groups is 1. The topological polar surface area (TPSA) is 70.8 Å². The third kappa shape index (κ3) is 3.57. The molecule has 1 N–H and O–H groups in total. The lowest BCUT2D eigenvalue weighted by Crippen LogP contribution is -2.51. The first kappa shape index (κ1) is 16.4. The number of β-amino-alcohol motifs (C(OH)–C–C–N with tert-alkyl or cyclic N) is 1. The first-order valence-electron chi connectivity index (χ1n) is 8.49. The minimum Gasteiger partial charge on any atom is -0.395 e. The zero-order valence-electron chi connectivity index (χ0n) is 13.7. The molecule has 7 heteroatoms. The maximum atomic E-state index is 12.9. The minimum absolute atomic E-state index is 0.103. The molecule has 2 atom stereocenters. The number of rotatable bonds is 5. The van der Waals surface area contributed by atoms with Crippen LogP contribution in [0.2, 0.25) is 0 Å². The summed E-state index contributed by atoms with van der Waals surface area (Å²) in [5.74, 6) is 0.0919. The predicted octanol–water partition coefficient (Wildman–Crippen LogP) is 0.117. The van der Waals surface area contributed by atoms with Crippen molar-refractivity contribution in [1.82, 2.24) is 19.6 Å². The summed E-state index contributed by atoms with van der Waals surface area (Å²) in [5, 5.41) is 13.3. The Kier molecular flexibility index (Phi) is 5.30. The Morgan fingerprint density at radius 1 is 1.39 bits per heavy atom. The van der Waals surface area contributed by atoms with Gasteiger partial charge >= 0.3 is 0 Å². The Morgan fingerprint density at radius 2 is 2.17 bits per heavy atom. The van der Waals surface area contributed by atoms with E-state index >= 15 is 0 Å². The molecule has 2 saturated heterocycles. The highest BCUT2D eigenvalue weighted by molar-refractivity contribution is 5.80. The van der Waals surface area contributed by atoms with Crippen molar-refractivity contribution < 1.29 is 14.6 Å². The SMILES string of the molecule is CCn1cc([C@H]2OCC[C@@H]2C(=O)N2CCN(CCO)CC2)cn1. The van der Waals surface area contributed by atoms with Gasteiger partial charge in [0, 0.05) is 57.6 Å². The average Bonchev–Trinajstić information content (AvgIpc) is 3.24. The molecule has 1 aromatic heterocycles. The van der Waals surface area contributed by atoms with Crippen molar-refractivity contribution in [1.29, 1.82) is 0 Å². The van der Waals surface area contributed by atoms with Crippen LogP contribution in [0.1, 0.15) is 25.0 Å². The zero-order chi connectivity index (χ0) is 16.2. The minimum atomic E-state index is -0.168. The van der Waals surface area contributed by atoms with Gasteiger partial charge in [0.1, 0.15) is 0 Å². The second-order valence-electron chi connectivity index (χ2n) is 6.21. The monoisotopic (exact) mass is 322 g/mol. The van der Waals surface area contributed by atoms with Crippen LogP contribution in [0.25, 0.3) is 0 Å². The van der Waals surface area contributed by atoms with Crippen molar-refractivity contribution in [3.63, 3.8) is 0 Å². The van der Waals surface area contributed by atoms with Crippen LogP contribution in [-0.2, 0) is 16.1 Å². The molecular formula is C16H26N4O3.